The van der Waals surface area contributed by atoms with Crippen molar-refractivity contribution in [1.29, 1.82) is 0 Å². The second kappa shape index (κ2) is 5.56. The van der Waals surface area contributed by atoms with Crippen molar-refractivity contribution in [3.63, 3.8) is 0 Å². The van der Waals surface area contributed by atoms with Gasteiger partial charge in [0.1, 0.15) is 0 Å². The van der Waals surface area contributed by atoms with Crippen LogP contribution < -0.4 is 0 Å². The average Bonchev–Trinajstić information content (AvgIpc) is 2.25. The van der Waals surface area contributed by atoms with E-state index < -0.39 is 0 Å². The summed E-state index contributed by atoms with van der Waals surface area (Å²) in [6.45, 7) is 9.87. The predicted octanol–water partition coefficient (Wildman–Crippen LogP) is 3.27. The molecule has 0 fully saturated rings. The number of rotatable bonds is 0. The second-order valence-corrected chi connectivity index (χ2v) is 5.35. The molecular weight excluding hydrogens is 220 g/mol. The van der Waals surface area contributed by atoms with Gasteiger partial charge in [-0.25, -0.2) is 0 Å². The Morgan fingerprint density at radius 2 is 1.61 bits per heavy atom. The lowest BCUT2D eigenvalue weighted by molar-refractivity contribution is -0.108. The summed E-state index contributed by atoms with van der Waals surface area (Å²) in [5.41, 5.74) is 2.91. The molecule has 1 aromatic rings. The van der Waals surface area contributed by atoms with E-state index in [0.29, 0.717) is 0 Å². The molecule has 0 radical (unpaired) electrons. The SMILES string of the molecule is Cc1cccc(C)c1C#CC(=O)C#CC(C)(C)C. The molecule has 0 spiro atoms. The van der Waals surface area contributed by atoms with Crippen molar-refractivity contribution in [2.75, 3.05) is 0 Å². The Morgan fingerprint density at radius 3 is 2.11 bits per heavy atom. The summed E-state index contributed by atoms with van der Waals surface area (Å²) >= 11 is 0. The molecule has 92 valence electrons. The number of carbonyl (C=O) groups excluding carboxylic acids is 1. The zero-order valence-corrected chi connectivity index (χ0v) is 11.6. The van der Waals surface area contributed by atoms with Gasteiger partial charge >= 0.3 is 0 Å². The van der Waals surface area contributed by atoms with Crippen molar-refractivity contribution >= 4 is 5.78 Å². The van der Waals surface area contributed by atoms with Gasteiger partial charge in [-0.1, -0.05) is 30.0 Å². The molecule has 0 aliphatic heterocycles. The Hall–Kier alpha value is -1.99. The molecule has 0 saturated carbocycles. The van der Waals surface area contributed by atoms with Gasteiger partial charge in [0, 0.05) is 11.0 Å². The van der Waals surface area contributed by atoms with Crippen LogP contribution in [-0.4, -0.2) is 5.78 Å². The number of carbonyl (C=O) groups is 1. The van der Waals surface area contributed by atoms with Crippen molar-refractivity contribution in [2.24, 2.45) is 5.41 Å². The van der Waals surface area contributed by atoms with E-state index in [1.807, 2.05) is 52.8 Å². The third-order valence-corrected chi connectivity index (χ3v) is 2.33. The Kier molecular flexibility index (Phi) is 4.35. The lowest BCUT2D eigenvalue weighted by Gasteiger charge is -2.05. The third-order valence-electron chi connectivity index (χ3n) is 2.33. The van der Waals surface area contributed by atoms with Crippen LogP contribution in [0, 0.1) is 42.9 Å². The monoisotopic (exact) mass is 238 g/mol. The maximum absolute atomic E-state index is 11.5. The van der Waals surface area contributed by atoms with Crippen LogP contribution in [0.5, 0.6) is 0 Å². The van der Waals surface area contributed by atoms with Crippen LogP contribution in [0.3, 0.4) is 0 Å². The van der Waals surface area contributed by atoms with Gasteiger partial charge in [0.25, 0.3) is 5.78 Å². The number of aryl methyl sites for hydroxylation is 2. The van der Waals surface area contributed by atoms with E-state index in [4.69, 9.17) is 0 Å². The standard InChI is InChI=1S/C17H18O/c1-13-7-6-8-14(2)16(13)10-9-15(18)11-12-17(3,4)5/h6-8H,1-5H3. The van der Waals surface area contributed by atoms with Crippen molar-refractivity contribution in [3.05, 3.63) is 34.9 Å². The normalized spacial score (nSPS) is 9.83. The van der Waals surface area contributed by atoms with E-state index in [-0.39, 0.29) is 11.2 Å². The lowest BCUT2D eigenvalue weighted by Crippen LogP contribution is -2.01. The maximum atomic E-state index is 11.5. The highest BCUT2D eigenvalue weighted by atomic mass is 16.1. The number of hydrogen-bond donors (Lipinski definition) is 0. The topological polar surface area (TPSA) is 17.1 Å². The summed E-state index contributed by atoms with van der Waals surface area (Å²) in [6.07, 6.45) is 0. The largest absolute Gasteiger partial charge is 0.279 e. The molecule has 0 unspecified atom stereocenters. The zero-order valence-electron chi connectivity index (χ0n) is 11.6. The fraction of sp³-hybridized carbons (Fsp3) is 0.353. The first-order chi connectivity index (χ1) is 8.29. The number of ketones is 1. The Morgan fingerprint density at radius 1 is 1.06 bits per heavy atom. The van der Waals surface area contributed by atoms with Crippen LogP contribution in [0.25, 0.3) is 0 Å². The summed E-state index contributed by atoms with van der Waals surface area (Å²) in [5, 5.41) is 0. The van der Waals surface area contributed by atoms with Crippen molar-refractivity contribution < 1.29 is 4.79 Å². The zero-order chi connectivity index (χ0) is 13.8. The molecule has 0 aliphatic rings. The fourth-order valence-corrected chi connectivity index (χ4v) is 1.41. The molecule has 1 heteroatoms. The van der Waals surface area contributed by atoms with Gasteiger partial charge in [-0.05, 0) is 57.6 Å². The van der Waals surface area contributed by atoms with Crippen LogP contribution in [0.1, 0.15) is 37.5 Å². The molecule has 0 N–H and O–H groups in total. The summed E-state index contributed by atoms with van der Waals surface area (Å²) in [4.78, 5) is 11.5. The first kappa shape index (κ1) is 14.1. The summed E-state index contributed by atoms with van der Waals surface area (Å²) < 4.78 is 0. The minimum Gasteiger partial charge on any atom is -0.270 e. The highest BCUT2D eigenvalue weighted by Crippen LogP contribution is 2.11. The van der Waals surface area contributed by atoms with Gasteiger partial charge in [0.2, 0.25) is 0 Å². The number of hydrogen-bond acceptors (Lipinski definition) is 1. The lowest BCUT2D eigenvalue weighted by atomic mass is 9.98. The van der Waals surface area contributed by atoms with Crippen LogP contribution in [0.2, 0.25) is 0 Å². The average molecular weight is 238 g/mol. The quantitative estimate of drug-likeness (QED) is 0.501. The molecule has 1 aromatic carbocycles. The maximum Gasteiger partial charge on any atom is 0.279 e. The Bertz CT molecular complexity index is 558. The minimum atomic E-state index is -0.326. The van der Waals surface area contributed by atoms with E-state index >= 15 is 0 Å². The molecule has 0 aliphatic carbocycles. The van der Waals surface area contributed by atoms with Gasteiger partial charge in [0.15, 0.2) is 0 Å². The summed E-state index contributed by atoms with van der Waals surface area (Å²) in [5.74, 6) is 10.6. The molecule has 0 aromatic heterocycles. The first-order valence-corrected chi connectivity index (χ1v) is 5.95. The van der Waals surface area contributed by atoms with E-state index in [1.54, 1.807) is 0 Å². The smallest absolute Gasteiger partial charge is 0.270 e. The van der Waals surface area contributed by atoms with Crippen molar-refractivity contribution in [3.8, 4) is 23.7 Å². The van der Waals surface area contributed by atoms with E-state index in [2.05, 4.69) is 23.7 Å². The molecule has 0 atom stereocenters. The summed E-state index contributed by atoms with van der Waals surface area (Å²) in [7, 11) is 0. The molecular formula is C17H18O. The highest BCUT2D eigenvalue weighted by Gasteiger charge is 2.04. The molecule has 0 amide bonds. The van der Waals surface area contributed by atoms with Gasteiger partial charge in [-0.2, -0.15) is 0 Å². The van der Waals surface area contributed by atoms with Gasteiger partial charge in [-0.3, -0.25) is 4.79 Å². The van der Waals surface area contributed by atoms with Crippen molar-refractivity contribution in [2.45, 2.75) is 34.6 Å². The van der Waals surface area contributed by atoms with Crippen LogP contribution >= 0.6 is 0 Å². The van der Waals surface area contributed by atoms with Gasteiger partial charge in [0.05, 0.1) is 0 Å². The highest BCUT2D eigenvalue weighted by molar-refractivity contribution is 6.09. The van der Waals surface area contributed by atoms with E-state index in [9.17, 15) is 4.79 Å². The van der Waals surface area contributed by atoms with Crippen molar-refractivity contribution in [1.82, 2.24) is 0 Å². The van der Waals surface area contributed by atoms with Crippen LogP contribution in [0.4, 0.5) is 0 Å². The van der Waals surface area contributed by atoms with Gasteiger partial charge < -0.3 is 0 Å². The molecule has 0 saturated heterocycles. The number of benzene rings is 1. The molecule has 0 bridgehead atoms. The van der Waals surface area contributed by atoms with Crippen LogP contribution in [-0.2, 0) is 4.79 Å². The predicted molar refractivity (Wildman–Crippen MR) is 75.0 cm³/mol. The molecule has 1 rings (SSSR count). The Labute approximate surface area is 110 Å². The van der Waals surface area contributed by atoms with Gasteiger partial charge in [-0.15, -0.1) is 0 Å². The summed E-state index contributed by atoms with van der Waals surface area (Å²) in [6, 6.07) is 5.96. The third kappa shape index (κ3) is 4.48. The minimum absolute atomic E-state index is 0.171. The fourth-order valence-electron chi connectivity index (χ4n) is 1.41. The first-order valence-electron chi connectivity index (χ1n) is 5.95. The second-order valence-electron chi connectivity index (χ2n) is 5.35. The molecule has 1 nitrogen and oxygen atoms in total. The van der Waals surface area contributed by atoms with Crippen LogP contribution in [0.15, 0.2) is 18.2 Å². The van der Waals surface area contributed by atoms with E-state index in [0.717, 1.165) is 16.7 Å². The number of Topliss-reactive ketones (excluding diaryl/α,β-unsaturated/α-hetero) is 1. The Balaban J connectivity index is 2.96. The van der Waals surface area contributed by atoms with E-state index in [1.165, 1.54) is 0 Å². The molecule has 0 heterocycles. The molecule has 18 heavy (non-hydrogen) atoms.